The Morgan fingerprint density at radius 1 is 0.818 bits per heavy atom. The maximum atomic E-state index is 15.5. The van der Waals surface area contributed by atoms with Gasteiger partial charge >= 0.3 is 0 Å². The van der Waals surface area contributed by atoms with Crippen LogP contribution in [0.1, 0.15) is 57.7 Å². The van der Waals surface area contributed by atoms with Crippen LogP contribution in [-0.2, 0) is 40.0 Å². The highest BCUT2D eigenvalue weighted by Crippen LogP contribution is 2.48. The molecule has 0 radical (unpaired) electrons. The Hall–Kier alpha value is -7.59. The summed E-state index contributed by atoms with van der Waals surface area (Å²) < 4.78 is 57.7. The monoisotopic (exact) mass is 1080 g/mol. The van der Waals surface area contributed by atoms with Crippen LogP contribution >= 0.6 is 11.3 Å². The summed E-state index contributed by atoms with van der Waals surface area (Å²) in [7, 11) is 1.47. The van der Waals surface area contributed by atoms with Crippen molar-refractivity contribution in [2.75, 3.05) is 57.3 Å². The van der Waals surface area contributed by atoms with E-state index in [2.05, 4.69) is 31.2 Å². The minimum atomic E-state index is -1.33. The first-order valence-corrected chi connectivity index (χ1v) is 26.0. The molecule has 8 rings (SSSR count). The van der Waals surface area contributed by atoms with Gasteiger partial charge in [0.2, 0.25) is 29.5 Å². The van der Waals surface area contributed by atoms with E-state index in [1.165, 1.54) is 54.6 Å². The summed E-state index contributed by atoms with van der Waals surface area (Å²) in [6, 6.07) is 19.9. The van der Waals surface area contributed by atoms with Gasteiger partial charge in [0.15, 0.2) is 23.1 Å². The van der Waals surface area contributed by atoms with Gasteiger partial charge in [0.1, 0.15) is 35.7 Å². The fourth-order valence-electron chi connectivity index (χ4n) is 8.70. The number of ether oxygens (including phenoxy) is 5. The molecule has 2 aliphatic rings. The van der Waals surface area contributed by atoms with Crippen molar-refractivity contribution in [1.82, 2.24) is 25.5 Å². The van der Waals surface area contributed by atoms with Crippen LogP contribution in [-0.4, -0.2) is 114 Å². The lowest BCUT2D eigenvalue weighted by molar-refractivity contribution is -0.144. The first-order chi connectivity index (χ1) is 36.9. The number of anilines is 2. The number of aliphatic hydroxyl groups excluding tert-OH is 1. The fourth-order valence-corrected chi connectivity index (χ4v) is 9.51. The fraction of sp³-hybridized carbons (Fsp3) is 0.375. The van der Waals surface area contributed by atoms with E-state index in [0.717, 1.165) is 27.8 Å². The number of likely N-dealkylation sites (tertiary alicyclic amines) is 1. The molecule has 2 fully saturated rings. The van der Waals surface area contributed by atoms with Gasteiger partial charge in [-0.05, 0) is 84.8 Å². The lowest BCUT2D eigenvalue weighted by Crippen LogP contribution is -2.57. The first-order valence-electron chi connectivity index (χ1n) is 25.1. The number of β-amino-alcohol motifs (C(OH)–C–C–N with tert-alkyl or cyclic N) is 1. The third kappa shape index (κ3) is 13.9. The number of fused-ring (bicyclic) bond motifs is 1. The van der Waals surface area contributed by atoms with E-state index < -0.39 is 70.2 Å². The molecular formula is C56H61F2N7O11S. The molecule has 0 spiro atoms. The highest BCUT2D eigenvalue weighted by atomic mass is 32.1. The number of benzene rings is 4. The van der Waals surface area contributed by atoms with Gasteiger partial charge in [0, 0.05) is 61.0 Å². The number of hydrogen-bond donors (Lipinski definition) is 5. The van der Waals surface area contributed by atoms with E-state index in [9.17, 15) is 33.5 Å². The molecule has 18 nitrogen and oxygen atoms in total. The molecule has 0 bridgehead atoms. The van der Waals surface area contributed by atoms with Crippen LogP contribution in [0.3, 0.4) is 0 Å². The molecule has 1 saturated heterocycles. The topological polar surface area (TPSA) is 229 Å². The SMILES string of the molecule is COc1cc2c(Oc3ccc(NC(=O)C4(C(=O)Nc5ccc(F)cc5)CC4)cc3F)ccnc2cc1OCCOCCOCCC(=O)N[C@H](C(=O)N1C[C@H](O)C[C@H]1C(=O)NCc1ccc(-c2scnc2C)cc1)C(C)(C)C. The molecule has 1 aliphatic heterocycles. The van der Waals surface area contributed by atoms with E-state index in [1.54, 1.807) is 35.0 Å². The highest BCUT2D eigenvalue weighted by molar-refractivity contribution is 7.13. The second-order valence-corrected chi connectivity index (χ2v) is 20.7. The Morgan fingerprint density at radius 2 is 1.51 bits per heavy atom. The largest absolute Gasteiger partial charge is 0.493 e. The molecule has 406 valence electrons. The Balaban J connectivity index is 0.749. The number of thiazole rings is 1. The van der Waals surface area contributed by atoms with Gasteiger partial charge in [0.25, 0.3) is 0 Å². The van der Waals surface area contributed by atoms with Crippen LogP contribution < -0.4 is 35.5 Å². The van der Waals surface area contributed by atoms with Crippen LogP contribution in [0.4, 0.5) is 20.2 Å². The molecule has 2 aromatic heterocycles. The number of nitrogens with one attached hydrogen (secondary N) is 4. The Morgan fingerprint density at radius 3 is 2.17 bits per heavy atom. The molecule has 5 N–H and O–H groups in total. The van der Waals surface area contributed by atoms with Gasteiger partial charge in [-0.15, -0.1) is 11.3 Å². The number of carbonyl (C=O) groups excluding carboxylic acids is 5. The summed E-state index contributed by atoms with van der Waals surface area (Å²) in [4.78, 5) is 78.0. The minimum absolute atomic E-state index is 0.0358. The molecule has 5 amide bonds. The van der Waals surface area contributed by atoms with Crippen molar-refractivity contribution in [3.05, 3.63) is 120 Å². The summed E-state index contributed by atoms with van der Waals surface area (Å²) in [6.45, 7) is 8.36. The second kappa shape index (κ2) is 24.6. The predicted octanol–water partition coefficient (Wildman–Crippen LogP) is 7.71. The Kier molecular flexibility index (Phi) is 17.8. The number of aryl methyl sites for hydroxylation is 1. The van der Waals surface area contributed by atoms with E-state index in [0.29, 0.717) is 40.9 Å². The van der Waals surface area contributed by atoms with Gasteiger partial charge in [-0.1, -0.05) is 45.0 Å². The highest BCUT2D eigenvalue weighted by Gasteiger charge is 2.56. The molecule has 21 heteroatoms. The average Bonchev–Trinajstić information content (AvgIpc) is 4.08. The number of aromatic nitrogens is 2. The van der Waals surface area contributed by atoms with Crippen molar-refractivity contribution in [3.63, 3.8) is 0 Å². The number of aliphatic hydroxyl groups is 1. The molecule has 3 heterocycles. The van der Waals surface area contributed by atoms with E-state index in [-0.39, 0.29) is 76.2 Å². The molecule has 0 unspecified atom stereocenters. The van der Waals surface area contributed by atoms with Crippen LogP contribution in [0, 0.1) is 29.4 Å². The van der Waals surface area contributed by atoms with Crippen molar-refractivity contribution in [2.45, 2.75) is 78.1 Å². The maximum Gasteiger partial charge on any atom is 0.246 e. The van der Waals surface area contributed by atoms with Gasteiger partial charge in [-0.25, -0.2) is 13.8 Å². The molecule has 4 aromatic carbocycles. The van der Waals surface area contributed by atoms with Crippen LogP contribution in [0.15, 0.2) is 96.6 Å². The van der Waals surface area contributed by atoms with Gasteiger partial charge < -0.3 is 55.0 Å². The minimum Gasteiger partial charge on any atom is -0.493 e. The predicted molar refractivity (Wildman–Crippen MR) is 283 cm³/mol. The summed E-state index contributed by atoms with van der Waals surface area (Å²) in [5.41, 5.74) is 3.54. The molecule has 1 aliphatic carbocycles. The van der Waals surface area contributed by atoms with Crippen LogP contribution in [0.25, 0.3) is 21.3 Å². The second-order valence-electron chi connectivity index (χ2n) is 19.8. The number of carbonyl (C=O) groups is 5. The number of methoxy groups -OCH3 is 1. The average molecular weight is 1080 g/mol. The zero-order valence-electron chi connectivity index (χ0n) is 43.3. The van der Waals surface area contributed by atoms with E-state index in [4.69, 9.17) is 23.7 Å². The number of hydrogen-bond acceptors (Lipinski definition) is 14. The smallest absolute Gasteiger partial charge is 0.246 e. The number of rotatable bonds is 23. The first kappa shape index (κ1) is 55.6. The molecule has 1 saturated carbocycles. The van der Waals surface area contributed by atoms with Crippen molar-refractivity contribution in [2.24, 2.45) is 10.8 Å². The molecular weight excluding hydrogens is 1020 g/mol. The number of halogens is 2. The van der Waals surface area contributed by atoms with Crippen LogP contribution in [0.5, 0.6) is 23.0 Å². The zero-order valence-corrected chi connectivity index (χ0v) is 44.1. The Bertz CT molecular complexity index is 3090. The molecule has 3 atom stereocenters. The summed E-state index contributed by atoms with van der Waals surface area (Å²) in [6.07, 6.45) is 1.24. The van der Waals surface area contributed by atoms with Gasteiger partial charge in [-0.3, -0.25) is 29.0 Å². The van der Waals surface area contributed by atoms with E-state index >= 15 is 4.39 Å². The number of pyridine rings is 1. The van der Waals surface area contributed by atoms with Crippen molar-refractivity contribution < 1.29 is 61.5 Å². The normalized spacial score (nSPS) is 16.1. The quantitative estimate of drug-likeness (QED) is 0.0306. The van der Waals surface area contributed by atoms with Gasteiger partial charge in [0.05, 0.1) is 61.2 Å². The van der Waals surface area contributed by atoms with Crippen molar-refractivity contribution in [3.8, 4) is 33.4 Å². The van der Waals surface area contributed by atoms with Crippen molar-refractivity contribution >= 4 is 63.2 Å². The third-order valence-corrected chi connectivity index (χ3v) is 14.1. The maximum absolute atomic E-state index is 15.5. The standard InChI is InChI=1S/C56H61F2N7O11S/c1-33-49(77-32-61-33)35-8-6-34(7-9-35)30-60-51(68)43-27-39(66)31-65(43)52(69)50(55(2,3)4)64-48(67)17-21-73-22-23-74-24-25-75-47-29-42-40(28-46(47)72-5)44(16-20-59-42)76-45-15-14-38(26-41(45)58)63-54(71)56(18-19-56)53(70)62-37-12-10-36(57)11-13-37/h6-16,20,26,28-29,32,39,43,50,66H,17-19,21-25,27,30-31H2,1-5H3,(H,60,68)(H,62,70)(H,63,71)(H,64,67)/t39-,43+,50-/m1/s1. The summed E-state index contributed by atoms with van der Waals surface area (Å²) in [5.74, 6) is -2.77. The lowest BCUT2D eigenvalue weighted by Gasteiger charge is -2.35. The van der Waals surface area contributed by atoms with Gasteiger partial charge in [-0.2, -0.15) is 0 Å². The van der Waals surface area contributed by atoms with Crippen molar-refractivity contribution in [1.29, 1.82) is 0 Å². The number of nitrogens with zero attached hydrogens (tertiary/aromatic N) is 3. The molecule has 6 aromatic rings. The number of amides is 5. The molecule has 77 heavy (non-hydrogen) atoms. The van der Waals surface area contributed by atoms with Crippen LogP contribution in [0.2, 0.25) is 0 Å². The zero-order chi connectivity index (χ0) is 54.9. The summed E-state index contributed by atoms with van der Waals surface area (Å²) >= 11 is 1.56. The lowest BCUT2D eigenvalue weighted by atomic mass is 9.85. The summed E-state index contributed by atoms with van der Waals surface area (Å²) in [5, 5.41) is 22.1. The Labute approximate surface area is 447 Å². The third-order valence-electron chi connectivity index (χ3n) is 13.2. The van der Waals surface area contributed by atoms with E-state index in [1.807, 2.05) is 52.0 Å².